The summed E-state index contributed by atoms with van der Waals surface area (Å²) in [5, 5.41) is 26.0. The maximum atomic E-state index is 12.0. The number of carbonyl (C=O) groups excluding carboxylic acids is 1. The molecule has 5 rings (SSSR count). The predicted molar refractivity (Wildman–Crippen MR) is 141 cm³/mol. The largest absolute Gasteiger partial charge is 0.457 e. The third-order valence-electron chi connectivity index (χ3n) is 6.21. The Bertz CT molecular complexity index is 1340. The van der Waals surface area contributed by atoms with E-state index in [9.17, 15) is 9.90 Å². The van der Waals surface area contributed by atoms with Crippen molar-refractivity contribution in [3.05, 3.63) is 66.4 Å². The molecule has 0 unspecified atom stereocenters. The number of aliphatic hydroxyl groups is 2. The topological polar surface area (TPSA) is 117 Å². The number of nitrogens with zero attached hydrogens (tertiary/aromatic N) is 2. The Labute approximate surface area is 213 Å². The highest BCUT2D eigenvalue weighted by Gasteiger charge is 2.23. The van der Waals surface area contributed by atoms with E-state index in [1.165, 1.54) is 0 Å². The van der Waals surface area contributed by atoms with Gasteiger partial charge in [-0.3, -0.25) is 9.78 Å². The molecule has 0 spiro atoms. The van der Waals surface area contributed by atoms with E-state index in [0.717, 1.165) is 52.3 Å². The third-order valence-corrected chi connectivity index (χ3v) is 7.15. The van der Waals surface area contributed by atoms with E-state index in [1.807, 2.05) is 36.4 Å². The number of amides is 1. The van der Waals surface area contributed by atoms with Crippen molar-refractivity contribution >= 4 is 32.6 Å². The molecular weight excluding hydrogens is 476 g/mol. The number of aromatic nitrogens is 2. The van der Waals surface area contributed by atoms with E-state index in [-0.39, 0.29) is 31.2 Å². The summed E-state index contributed by atoms with van der Waals surface area (Å²) in [6.07, 6.45) is 5.34. The van der Waals surface area contributed by atoms with Crippen molar-refractivity contribution in [2.24, 2.45) is 0 Å². The van der Waals surface area contributed by atoms with E-state index < -0.39 is 0 Å². The first-order chi connectivity index (χ1) is 17.6. The molecule has 0 radical (unpaired) electrons. The zero-order valence-corrected chi connectivity index (χ0v) is 20.5. The molecule has 0 saturated heterocycles. The number of hydrogen-bond donors (Lipinski definition) is 4. The Kier molecular flexibility index (Phi) is 7.41. The van der Waals surface area contributed by atoms with Crippen LogP contribution in [-0.4, -0.2) is 51.4 Å². The van der Waals surface area contributed by atoms with Crippen LogP contribution in [0.1, 0.15) is 36.0 Å². The van der Waals surface area contributed by atoms with Crippen LogP contribution in [0.25, 0.3) is 21.5 Å². The van der Waals surface area contributed by atoms with Crippen LogP contribution in [0, 0.1) is 0 Å². The van der Waals surface area contributed by atoms with Crippen LogP contribution < -0.4 is 15.4 Å². The lowest BCUT2D eigenvalue weighted by atomic mass is 9.93. The molecule has 2 atom stereocenters. The Balaban J connectivity index is 1.28. The van der Waals surface area contributed by atoms with E-state index in [4.69, 9.17) is 9.84 Å². The number of thiazole rings is 1. The summed E-state index contributed by atoms with van der Waals surface area (Å²) in [7, 11) is 0. The summed E-state index contributed by atoms with van der Waals surface area (Å²) in [6.45, 7) is 0.120. The lowest BCUT2D eigenvalue weighted by Crippen LogP contribution is -2.36. The van der Waals surface area contributed by atoms with Gasteiger partial charge in [-0.2, -0.15) is 0 Å². The van der Waals surface area contributed by atoms with Crippen molar-refractivity contribution in [2.75, 3.05) is 18.5 Å². The molecule has 4 N–H and O–H groups in total. The number of fused-ring (bicyclic) bond motifs is 1. The van der Waals surface area contributed by atoms with Crippen molar-refractivity contribution in [1.82, 2.24) is 15.3 Å². The van der Waals surface area contributed by atoms with Crippen LogP contribution in [0.2, 0.25) is 0 Å². The number of rotatable bonds is 8. The molecule has 9 heteroatoms. The van der Waals surface area contributed by atoms with Gasteiger partial charge in [-0.05, 0) is 43.2 Å². The molecule has 2 heterocycles. The molecule has 1 aliphatic carbocycles. The summed E-state index contributed by atoms with van der Waals surface area (Å²) in [4.78, 5) is 21.1. The van der Waals surface area contributed by atoms with Gasteiger partial charge in [0.2, 0.25) is 0 Å². The monoisotopic (exact) mass is 504 g/mol. The molecule has 1 amide bonds. The Morgan fingerprint density at radius 2 is 1.86 bits per heavy atom. The molecule has 36 heavy (non-hydrogen) atoms. The molecule has 2 aromatic heterocycles. The number of carbonyl (C=O) groups is 1. The smallest absolute Gasteiger partial charge is 0.251 e. The summed E-state index contributed by atoms with van der Waals surface area (Å²) in [5.74, 6) is 1.12. The number of ether oxygens (including phenoxy) is 1. The van der Waals surface area contributed by atoms with Crippen molar-refractivity contribution in [3.63, 3.8) is 0 Å². The van der Waals surface area contributed by atoms with Crippen LogP contribution in [0.3, 0.4) is 0 Å². The number of nitrogens with one attached hydrogen (secondary N) is 2. The molecule has 186 valence electrons. The first-order valence-electron chi connectivity index (χ1n) is 12.1. The Hall–Kier alpha value is -3.53. The highest BCUT2D eigenvalue weighted by molar-refractivity contribution is 7.22. The van der Waals surface area contributed by atoms with Crippen molar-refractivity contribution in [2.45, 2.75) is 37.8 Å². The number of pyridine rings is 1. The van der Waals surface area contributed by atoms with E-state index in [1.54, 1.807) is 35.7 Å². The summed E-state index contributed by atoms with van der Waals surface area (Å²) >= 11 is 1.55. The minimum atomic E-state index is -0.329. The average molecular weight is 505 g/mol. The number of anilines is 1. The van der Waals surface area contributed by atoms with Crippen LogP contribution >= 0.6 is 11.3 Å². The minimum absolute atomic E-state index is 0.0502. The standard InChI is InChI=1S/C27H28N4O4S/c32-14-13-29-26(34)18-7-5-17(6-8-18)23-15-20(11-12-28-23)35-19-9-10-22-25(16-19)36-27(31-22)30-21-3-1-2-4-24(21)33/h5-12,15-16,21,24,32-33H,1-4,13-14H2,(H,29,34)(H,30,31)/t21-,24-/m1/s1. The highest BCUT2D eigenvalue weighted by atomic mass is 32.1. The summed E-state index contributed by atoms with van der Waals surface area (Å²) in [5.41, 5.74) is 2.99. The lowest BCUT2D eigenvalue weighted by molar-refractivity contribution is 0.0944. The number of benzene rings is 2. The predicted octanol–water partition coefficient (Wildman–Crippen LogP) is 4.59. The van der Waals surface area contributed by atoms with Crippen molar-refractivity contribution < 1.29 is 19.7 Å². The molecule has 1 fully saturated rings. The highest BCUT2D eigenvalue weighted by Crippen LogP contribution is 2.33. The van der Waals surface area contributed by atoms with Crippen LogP contribution in [0.4, 0.5) is 5.13 Å². The third kappa shape index (κ3) is 5.64. The Morgan fingerprint density at radius 1 is 1.06 bits per heavy atom. The minimum Gasteiger partial charge on any atom is -0.457 e. The van der Waals surface area contributed by atoms with Gasteiger partial charge in [0.15, 0.2) is 5.13 Å². The van der Waals surface area contributed by atoms with Crippen LogP contribution in [0.15, 0.2) is 60.8 Å². The molecule has 1 aliphatic rings. The van der Waals surface area contributed by atoms with E-state index in [2.05, 4.69) is 20.6 Å². The molecule has 0 aliphatic heterocycles. The van der Waals surface area contributed by atoms with Crippen molar-refractivity contribution in [3.8, 4) is 22.8 Å². The van der Waals surface area contributed by atoms with Gasteiger partial charge in [-0.1, -0.05) is 36.3 Å². The normalized spacial score (nSPS) is 17.6. The molecule has 4 aromatic rings. The quantitative estimate of drug-likeness (QED) is 0.277. The second-order valence-corrected chi connectivity index (χ2v) is 9.82. The molecule has 0 bridgehead atoms. The van der Waals surface area contributed by atoms with Crippen LogP contribution in [-0.2, 0) is 0 Å². The maximum Gasteiger partial charge on any atom is 0.251 e. The second-order valence-electron chi connectivity index (χ2n) is 8.79. The van der Waals surface area contributed by atoms with Gasteiger partial charge in [0, 0.05) is 36.0 Å². The van der Waals surface area contributed by atoms with E-state index >= 15 is 0 Å². The van der Waals surface area contributed by atoms with Gasteiger partial charge in [0.1, 0.15) is 11.5 Å². The molecule has 2 aromatic carbocycles. The maximum absolute atomic E-state index is 12.0. The zero-order chi connectivity index (χ0) is 24.9. The van der Waals surface area contributed by atoms with Crippen LogP contribution in [0.5, 0.6) is 11.5 Å². The summed E-state index contributed by atoms with van der Waals surface area (Å²) in [6, 6.07) is 16.6. The van der Waals surface area contributed by atoms with Gasteiger partial charge in [-0.15, -0.1) is 0 Å². The Morgan fingerprint density at radius 3 is 2.67 bits per heavy atom. The fourth-order valence-corrected chi connectivity index (χ4v) is 5.26. The molecular formula is C27H28N4O4S. The molecule has 1 saturated carbocycles. The van der Waals surface area contributed by atoms with Gasteiger partial charge in [-0.25, -0.2) is 4.98 Å². The van der Waals surface area contributed by atoms with Gasteiger partial charge >= 0.3 is 0 Å². The van der Waals surface area contributed by atoms with Gasteiger partial charge in [0.05, 0.1) is 34.7 Å². The van der Waals surface area contributed by atoms with Gasteiger partial charge < -0.3 is 25.6 Å². The zero-order valence-electron chi connectivity index (χ0n) is 19.7. The SMILES string of the molecule is O=C(NCCO)c1ccc(-c2cc(Oc3ccc4nc(N[C@@H]5CCCC[C@H]5O)sc4c3)ccn2)cc1. The first-order valence-corrected chi connectivity index (χ1v) is 12.9. The van der Waals surface area contributed by atoms with Gasteiger partial charge in [0.25, 0.3) is 5.91 Å². The first kappa shape index (κ1) is 24.2. The van der Waals surface area contributed by atoms with Crippen molar-refractivity contribution in [1.29, 1.82) is 0 Å². The second kappa shape index (κ2) is 11.0. The fraction of sp³-hybridized carbons (Fsp3) is 0.296. The number of aliphatic hydroxyl groups excluding tert-OH is 2. The molecule has 8 nitrogen and oxygen atoms in total. The lowest BCUT2D eigenvalue weighted by Gasteiger charge is -2.27. The fourth-order valence-electron chi connectivity index (χ4n) is 4.30. The summed E-state index contributed by atoms with van der Waals surface area (Å²) < 4.78 is 7.13. The van der Waals surface area contributed by atoms with E-state index in [0.29, 0.717) is 17.1 Å². The average Bonchev–Trinajstić information content (AvgIpc) is 3.30. The number of hydrogen-bond acceptors (Lipinski definition) is 8.